The first-order valence-electron chi connectivity index (χ1n) is 9.63. The number of nitrogens with one attached hydrogen (secondary N) is 1. The molecule has 2 aromatic rings. The number of likely N-dealkylation sites (tertiary alicyclic amines) is 2. The van der Waals surface area contributed by atoms with Gasteiger partial charge in [-0.3, -0.25) is 19.4 Å². The molecule has 3 aliphatic rings. The van der Waals surface area contributed by atoms with Crippen LogP contribution in [0.2, 0.25) is 0 Å². The van der Waals surface area contributed by atoms with Gasteiger partial charge in [0.05, 0.1) is 6.04 Å². The molecule has 0 radical (unpaired) electrons. The van der Waals surface area contributed by atoms with Crippen molar-refractivity contribution in [2.75, 3.05) is 26.2 Å². The molecule has 5 rings (SSSR count). The van der Waals surface area contributed by atoms with E-state index in [2.05, 4.69) is 29.1 Å². The number of nitrogens with zero attached hydrogens (tertiary/aromatic N) is 5. The first-order chi connectivity index (χ1) is 12.9. The molecule has 8 heteroatoms. The number of aromatic amines is 1. The molecule has 2 aromatic heterocycles. The van der Waals surface area contributed by atoms with Crippen LogP contribution < -0.4 is 0 Å². The maximum atomic E-state index is 12.6. The third kappa shape index (κ3) is 2.74. The lowest BCUT2D eigenvalue weighted by atomic mass is 9.72. The van der Waals surface area contributed by atoms with E-state index in [0.29, 0.717) is 49.5 Å². The second-order valence-corrected chi connectivity index (χ2v) is 8.60. The van der Waals surface area contributed by atoms with Gasteiger partial charge < -0.3 is 9.80 Å². The van der Waals surface area contributed by atoms with Gasteiger partial charge in [-0.05, 0) is 30.9 Å². The molecular weight excluding hydrogens is 344 g/mol. The van der Waals surface area contributed by atoms with Crippen LogP contribution in [0.3, 0.4) is 0 Å². The SMILES string of the molecule is CC(C)c1cc(C(=O)N2CC3(C2)CN(C(=O)c2ccn(C4CC4)n2)C3)n[nH]1. The number of rotatable bonds is 4. The smallest absolute Gasteiger partial charge is 0.274 e. The normalized spacial score (nSPS) is 20.7. The van der Waals surface area contributed by atoms with Gasteiger partial charge in [0.15, 0.2) is 0 Å². The molecule has 0 atom stereocenters. The van der Waals surface area contributed by atoms with Crippen molar-refractivity contribution in [3.63, 3.8) is 0 Å². The van der Waals surface area contributed by atoms with Crippen molar-refractivity contribution in [1.82, 2.24) is 29.8 Å². The van der Waals surface area contributed by atoms with Crippen molar-refractivity contribution in [3.05, 3.63) is 35.4 Å². The van der Waals surface area contributed by atoms with Gasteiger partial charge in [0, 0.05) is 43.5 Å². The van der Waals surface area contributed by atoms with Crippen LogP contribution in [-0.4, -0.2) is 67.8 Å². The standard InChI is InChI=1S/C19H24N6O2/c1-12(2)15-7-16(21-20-15)18(27)24-10-19(11-24)8-23(9-19)17(26)14-5-6-25(22-14)13-3-4-13/h5-7,12-13H,3-4,8-11H2,1-2H3,(H,20,21). The van der Waals surface area contributed by atoms with E-state index in [4.69, 9.17) is 0 Å². The van der Waals surface area contributed by atoms with Crippen molar-refractivity contribution >= 4 is 11.8 Å². The maximum absolute atomic E-state index is 12.6. The van der Waals surface area contributed by atoms with Crippen LogP contribution in [-0.2, 0) is 0 Å². The Labute approximate surface area is 157 Å². The van der Waals surface area contributed by atoms with Gasteiger partial charge in [-0.2, -0.15) is 10.2 Å². The second-order valence-electron chi connectivity index (χ2n) is 8.60. The van der Waals surface area contributed by atoms with E-state index < -0.39 is 0 Å². The highest BCUT2D eigenvalue weighted by Crippen LogP contribution is 2.41. The zero-order chi connectivity index (χ0) is 18.8. The Bertz CT molecular complexity index is 827. The Morgan fingerprint density at radius 2 is 1.74 bits per heavy atom. The summed E-state index contributed by atoms with van der Waals surface area (Å²) in [6.45, 7) is 6.90. The molecule has 1 saturated carbocycles. The van der Waals surface area contributed by atoms with E-state index >= 15 is 0 Å². The summed E-state index contributed by atoms with van der Waals surface area (Å²) in [6.07, 6.45) is 4.21. The van der Waals surface area contributed by atoms with Crippen molar-refractivity contribution in [1.29, 1.82) is 0 Å². The predicted molar refractivity (Wildman–Crippen MR) is 97.4 cm³/mol. The Morgan fingerprint density at radius 3 is 2.30 bits per heavy atom. The van der Waals surface area contributed by atoms with Crippen molar-refractivity contribution in [2.45, 2.75) is 38.6 Å². The Morgan fingerprint density at radius 1 is 1.11 bits per heavy atom. The van der Waals surface area contributed by atoms with E-state index in [0.717, 1.165) is 18.5 Å². The van der Waals surface area contributed by atoms with Crippen LogP contribution in [0, 0.1) is 5.41 Å². The molecular formula is C19H24N6O2. The zero-order valence-corrected chi connectivity index (χ0v) is 15.7. The number of H-pyrrole nitrogens is 1. The molecule has 0 unspecified atom stereocenters. The molecule has 1 N–H and O–H groups in total. The minimum Gasteiger partial charge on any atom is -0.336 e. The van der Waals surface area contributed by atoms with Gasteiger partial charge in [0.2, 0.25) is 0 Å². The Hall–Kier alpha value is -2.64. The summed E-state index contributed by atoms with van der Waals surface area (Å²) in [7, 11) is 0. The van der Waals surface area contributed by atoms with Crippen LogP contribution in [0.1, 0.15) is 65.3 Å². The van der Waals surface area contributed by atoms with Crippen LogP contribution in [0.5, 0.6) is 0 Å². The number of carbonyl (C=O) groups excluding carboxylic acids is 2. The van der Waals surface area contributed by atoms with Crippen molar-refractivity contribution in [3.8, 4) is 0 Å². The number of amides is 2. The average molecular weight is 368 g/mol. The van der Waals surface area contributed by atoms with Crippen LogP contribution >= 0.6 is 0 Å². The maximum Gasteiger partial charge on any atom is 0.274 e. The van der Waals surface area contributed by atoms with E-state index in [1.54, 1.807) is 0 Å². The summed E-state index contributed by atoms with van der Waals surface area (Å²) in [5.74, 6) is 0.284. The molecule has 2 amide bonds. The monoisotopic (exact) mass is 368 g/mol. The summed E-state index contributed by atoms with van der Waals surface area (Å²) >= 11 is 0. The van der Waals surface area contributed by atoms with E-state index in [1.165, 1.54) is 0 Å². The highest BCUT2D eigenvalue weighted by atomic mass is 16.2. The molecule has 2 saturated heterocycles. The number of aromatic nitrogens is 4. The molecule has 2 aliphatic heterocycles. The fourth-order valence-electron chi connectivity index (χ4n) is 4.07. The molecule has 4 heterocycles. The fraction of sp³-hybridized carbons (Fsp3) is 0.579. The number of carbonyl (C=O) groups is 2. The summed E-state index contributed by atoms with van der Waals surface area (Å²) in [5, 5.41) is 11.5. The number of hydrogen-bond donors (Lipinski definition) is 1. The molecule has 27 heavy (non-hydrogen) atoms. The Kier molecular flexibility index (Phi) is 3.47. The molecule has 1 aliphatic carbocycles. The van der Waals surface area contributed by atoms with Crippen molar-refractivity contribution < 1.29 is 9.59 Å². The van der Waals surface area contributed by atoms with Crippen LogP contribution in [0.25, 0.3) is 0 Å². The molecule has 1 spiro atoms. The predicted octanol–water partition coefficient (Wildman–Crippen LogP) is 1.66. The van der Waals surface area contributed by atoms with Crippen LogP contribution in [0.4, 0.5) is 0 Å². The van der Waals surface area contributed by atoms with Gasteiger partial charge in [-0.1, -0.05) is 13.8 Å². The molecule has 3 fully saturated rings. The quantitative estimate of drug-likeness (QED) is 0.889. The van der Waals surface area contributed by atoms with Gasteiger partial charge in [0.25, 0.3) is 11.8 Å². The molecule has 142 valence electrons. The lowest BCUT2D eigenvalue weighted by Crippen LogP contribution is -2.73. The highest BCUT2D eigenvalue weighted by molar-refractivity contribution is 5.94. The third-order valence-electron chi connectivity index (χ3n) is 5.87. The summed E-state index contributed by atoms with van der Waals surface area (Å²) in [4.78, 5) is 28.8. The lowest BCUT2D eigenvalue weighted by Gasteiger charge is -2.59. The summed E-state index contributed by atoms with van der Waals surface area (Å²) in [5.41, 5.74) is 2.04. The molecule has 0 bridgehead atoms. The molecule has 0 aromatic carbocycles. The van der Waals surface area contributed by atoms with Gasteiger partial charge in [-0.25, -0.2) is 0 Å². The zero-order valence-electron chi connectivity index (χ0n) is 15.7. The Balaban J connectivity index is 1.15. The second kappa shape index (κ2) is 5.68. The highest BCUT2D eigenvalue weighted by Gasteiger charge is 2.55. The minimum atomic E-state index is -0.0308. The lowest BCUT2D eigenvalue weighted by molar-refractivity contribution is -0.0825. The first kappa shape index (κ1) is 16.5. The van der Waals surface area contributed by atoms with Gasteiger partial charge in [-0.15, -0.1) is 0 Å². The van der Waals surface area contributed by atoms with E-state index in [-0.39, 0.29) is 17.2 Å². The molecule has 8 nitrogen and oxygen atoms in total. The van der Waals surface area contributed by atoms with Crippen molar-refractivity contribution in [2.24, 2.45) is 5.41 Å². The summed E-state index contributed by atoms with van der Waals surface area (Å²) < 4.78 is 1.90. The van der Waals surface area contributed by atoms with Gasteiger partial charge >= 0.3 is 0 Å². The topological polar surface area (TPSA) is 87.1 Å². The van der Waals surface area contributed by atoms with Gasteiger partial charge in [0.1, 0.15) is 11.4 Å². The number of hydrogen-bond acceptors (Lipinski definition) is 4. The average Bonchev–Trinajstić information content (AvgIpc) is 3.10. The van der Waals surface area contributed by atoms with E-state index in [9.17, 15) is 9.59 Å². The van der Waals surface area contributed by atoms with Crippen LogP contribution in [0.15, 0.2) is 18.3 Å². The van der Waals surface area contributed by atoms with E-state index in [1.807, 2.05) is 32.8 Å². The minimum absolute atomic E-state index is 0.00122. The largest absolute Gasteiger partial charge is 0.336 e. The third-order valence-corrected chi connectivity index (χ3v) is 5.87. The fourth-order valence-corrected chi connectivity index (χ4v) is 4.07. The first-order valence-corrected chi connectivity index (χ1v) is 9.63. The summed E-state index contributed by atoms with van der Waals surface area (Å²) in [6, 6.07) is 4.13.